The minimum absolute atomic E-state index is 0.259. The molecular formula is C15H14ClNO3. The van der Waals surface area contributed by atoms with Gasteiger partial charge >= 0.3 is 0 Å². The number of aryl methyl sites for hydroxylation is 1. The number of furan rings is 1. The van der Waals surface area contributed by atoms with E-state index in [1.807, 2.05) is 19.1 Å². The first-order valence-corrected chi connectivity index (χ1v) is 6.38. The van der Waals surface area contributed by atoms with Crippen molar-refractivity contribution in [3.05, 3.63) is 58.5 Å². The number of carbonyl (C=O) groups is 1. The summed E-state index contributed by atoms with van der Waals surface area (Å²) >= 11 is 6.07. The zero-order chi connectivity index (χ0) is 14.5. The first-order valence-electron chi connectivity index (χ1n) is 6.00. The molecule has 2 N–H and O–H groups in total. The number of ether oxygens (including phenoxy) is 1. The van der Waals surface area contributed by atoms with Crippen molar-refractivity contribution in [3.63, 3.8) is 0 Å². The van der Waals surface area contributed by atoms with E-state index in [-0.39, 0.29) is 6.61 Å². The predicted molar refractivity (Wildman–Crippen MR) is 77.5 cm³/mol. The molecule has 1 aromatic carbocycles. The van der Waals surface area contributed by atoms with Crippen LogP contribution in [0, 0.1) is 6.92 Å². The highest BCUT2D eigenvalue weighted by molar-refractivity contribution is 6.32. The van der Waals surface area contributed by atoms with Crippen molar-refractivity contribution in [2.45, 2.75) is 13.5 Å². The smallest absolute Gasteiger partial charge is 0.241 e. The van der Waals surface area contributed by atoms with Crippen LogP contribution in [-0.2, 0) is 11.4 Å². The number of hydrogen-bond acceptors (Lipinski definition) is 3. The molecule has 2 aromatic rings. The van der Waals surface area contributed by atoms with Gasteiger partial charge in [0.05, 0.1) is 5.02 Å². The highest BCUT2D eigenvalue weighted by Gasteiger charge is 2.07. The molecule has 0 saturated carbocycles. The summed E-state index contributed by atoms with van der Waals surface area (Å²) in [4.78, 5) is 10.6. The summed E-state index contributed by atoms with van der Waals surface area (Å²) in [6.45, 7) is 2.18. The number of primary amides is 1. The monoisotopic (exact) mass is 291 g/mol. The lowest BCUT2D eigenvalue weighted by Gasteiger charge is -2.09. The fourth-order valence-electron chi connectivity index (χ4n) is 1.67. The van der Waals surface area contributed by atoms with Crippen molar-refractivity contribution < 1.29 is 13.9 Å². The van der Waals surface area contributed by atoms with E-state index in [0.717, 1.165) is 5.56 Å². The summed E-state index contributed by atoms with van der Waals surface area (Å²) in [5, 5.41) is 0.561. The summed E-state index contributed by atoms with van der Waals surface area (Å²) in [7, 11) is 0. The first-order chi connectivity index (χ1) is 9.56. The van der Waals surface area contributed by atoms with E-state index >= 15 is 0 Å². The van der Waals surface area contributed by atoms with Gasteiger partial charge in [-0.05, 0) is 36.8 Å². The molecule has 1 amide bonds. The fraction of sp³-hybridized carbons (Fsp3) is 0.133. The van der Waals surface area contributed by atoms with Crippen LogP contribution in [-0.4, -0.2) is 5.91 Å². The molecular weight excluding hydrogens is 278 g/mol. The Bertz CT molecular complexity index is 626. The number of benzene rings is 1. The number of amides is 1. The van der Waals surface area contributed by atoms with Crippen LogP contribution in [0.25, 0.3) is 6.08 Å². The Morgan fingerprint density at radius 3 is 2.90 bits per heavy atom. The minimum Gasteiger partial charge on any atom is -0.484 e. The molecule has 0 spiro atoms. The van der Waals surface area contributed by atoms with Gasteiger partial charge in [-0.1, -0.05) is 23.7 Å². The fourth-order valence-corrected chi connectivity index (χ4v) is 1.94. The Balaban J connectivity index is 2.03. The third-order valence-electron chi connectivity index (χ3n) is 2.62. The standard InChI is InChI=1S/C15H14ClNO3/c1-10-3-2-4-13(16)15(10)19-9-12-6-5-11(20-12)7-8-14(17)18/h2-8H,9H2,1H3,(H2,17,18). The SMILES string of the molecule is Cc1cccc(Cl)c1OCc1ccc(C=CC(N)=O)o1. The van der Waals surface area contributed by atoms with E-state index in [0.29, 0.717) is 22.3 Å². The van der Waals surface area contributed by atoms with Gasteiger partial charge < -0.3 is 14.9 Å². The van der Waals surface area contributed by atoms with Crippen molar-refractivity contribution >= 4 is 23.6 Å². The summed E-state index contributed by atoms with van der Waals surface area (Å²) in [5.41, 5.74) is 5.96. The number of para-hydroxylation sites is 1. The molecule has 0 aliphatic carbocycles. The lowest BCUT2D eigenvalue weighted by atomic mass is 10.2. The van der Waals surface area contributed by atoms with E-state index in [9.17, 15) is 4.79 Å². The molecule has 0 atom stereocenters. The second-order valence-corrected chi connectivity index (χ2v) is 4.62. The summed E-state index contributed by atoms with van der Waals surface area (Å²) in [6.07, 6.45) is 2.74. The second-order valence-electron chi connectivity index (χ2n) is 4.21. The Labute approximate surface area is 121 Å². The van der Waals surface area contributed by atoms with E-state index in [2.05, 4.69) is 0 Å². The molecule has 1 aromatic heterocycles. The van der Waals surface area contributed by atoms with E-state index < -0.39 is 5.91 Å². The second kappa shape index (κ2) is 6.30. The zero-order valence-electron chi connectivity index (χ0n) is 10.9. The maximum absolute atomic E-state index is 10.6. The van der Waals surface area contributed by atoms with Gasteiger partial charge in [0, 0.05) is 6.08 Å². The molecule has 2 rings (SSSR count). The van der Waals surface area contributed by atoms with Crippen LogP contribution in [0.3, 0.4) is 0 Å². The van der Waals surface area contributed by atoms with Gasteiger partial charge in [0.25, 0.3) is 0 Å². The quantitative estimate of drug-likeness (QED) is 0.859. The normalized spacial score (nSPS) is 10.9. The average Bonchev–Trinajstić information content (AvgIpc) is 2.84. The van der Waals surface area contributed by atoms with E-state index in [1.165, 1.54) is 12.2 Å². The first kappa shape index (κ1) is 14.2. The molecule has 20 heavy (non-hydrogen) atoms. The largest absolute Gasteiger partial charge is 0.484 e. The average molecular weight is 292 g/mol. The molecule has 0 bridgehead atoms. The van der Waals surface area contributed by atoms with Gasteiger partial charge in [0.1, 0.15) is 23.9 Å². The molecule has 4 nitrogen and oxygen atoms in total. The number of rotatable bonds is 5. The maximum atomic E-state index is 10.6. The maximum Gasteiger partial charge on any atom is 0.241 e. The third kappa shape index (κ3) is 3.65. The van der Waals surface area contributed by atoms with E-state index in [4.69, 9.17) is 26.5 Å². The lowest BCUT2D eigenvalue weighted by molar-refractivity contribution is -0.113. The summed E-state index contributed by atoms with van der Waals surface area (Å²) in [5.74, 6) is 1.29. The molecule has 1 heterocycles. The van der Waals surface area contributed by atoms with Crippen LogP contribution in [0.5, 0.6) is 5.75 Å². The summed E-state index contributed by atoms with van der Waals surface area (Å²) < 4.78 is 11.1. The van der Waals surface area contributed by atoms with Gasteiger partial charge in [0.15, 0.2) is 0 Å². The molecule has 0 unspecified atom stereocenters. The molecule has 0 aliphatic rings. The van der Waals surface area contributed by atoms with Gasteiger partial charge in [-0.2, -0.15) is 0 Å². The van der Waals surface area contributed by atoms with Crippen molar-refractivity contribution in [2.75, 3.05) is 0 Å². The van der Waals surface area contributed by atoms with Crippen molar-refractivity contribution in [1.82, 2.24) is 0 Å². The minimum atomic E-state index is -0.522. The Kier molecular flexibility index (Phi) is 4.48. The molecule has 0 fully saturated rings. The lowest BCUT2D eigenvalue weighted by Crippen LogP contribution is -2.04. The zero-order valence-corrected chi connectivity index (χ0v) is 11.7. The van der Waals surface area contributed by atoms with Crippen LogP contribution in [0.1, 0.15) is 17.1 Å². The Morgan fingerprint density at radius 1 is 1.40 bits per heavy atom. The number of halogens is 1. The van der Waals surface area contributed by atoms with Crippen LogP contribution >= 0.6 is 11.6 Å². The highest BCUT2D eigenvalue weighted by Crippen LogP contribution is 2.28. The molecule has 0 aliphatic heterocycles. The van der Waals surface area contributed by atoms with Gasteiger partial charge in [0.2, 0.25) is 5.91 Å². The highest BCUT2D eigenvalue weighted by atomic mass is 35.5. The summed E-state index contributed by atoms with van der Waals surface area (Å²) in [6, 6.07) is 9.06. The van der Waals surface area contributed by atoms with Crippen LogP contribution in [0.2, 0.25) is 5.02 Å². The number of nitrogens with two attached hydrogens (primary N) is 1. The van der Waals surface area contributed by atoms with Crippen molar-refractivity contribution in [3.8, 4) is 5.75 Å². The topological polar surface area (TPSA) is 65.5 Å². The van der Waals surface area contributed by atoms with Gasteiger partial charge in [-0.3, -0.25) is 4.79 Å². The molecule has 5 heteroatoms. The number of hydrogen-bond donors (Lipinski definition) is 1. The third-order valence-corrected chi connectivity index (χ3v) is 2.91. The van der Waals surface area contributed by atoms with Crippen LogP contribution < -0.4 is 10.5 Å². The van der Waals surface area contributed by atoms with E-state index in [1.54, 1.807) is 18.2 Å². The van der Waals surface area contributed by atoms with Crippen LogP contribution in [0.4, 0.5) is 0 Å². The molecule has 0 saturated heterocycles. The molecule has 0 radical (unpaired) electrons. The van der Waals surface area contributed by atoms with Crippen molar-refractivity contribution in [2.24, 2.45) is 5.73 Å². The number of carbonyl (C=O) groups excluding carboxylic acids is 1. The molecule has 104 valence electrons. The van der Waals surface area contributed by atoms with Crippen LogP contribution in [0.15, 0.2) is 40.8 Å². The predicted octanol–water partition coefficient (Wildman–Crippen LogP) is 3.32. The Hall–Kier alpha value is -2.20. The van der Waals surface area contributed by atoms with Gasteiger partial charge in [-0.25, -0.2) is 0 Å². The van der Waals surface area contributed by atoms with Crippen molar-refractivity contribution in [1.29, 1.82) is 0 Å². The van der Waals surface area contributed by atoms with Gasteiger partial charge in [-0.15, -0.1) is 0 Å². The Morgan fingerprint density at radius 2 is 2.20 bits per heavy atom.